The quantitative estimate of drug-likeness (QED) is 0.818. The first-order valence-corrected chi connectivity index (χ1v) is 7.21. The molecule has 0 saturated heterocycles. The largest absolute Gasteiger partial charge is 0.399 e. The SMILES string of the molecule is CCNC(=O)CCn1c(C2CC2)nc2cc(N)ccc21. The monoisotopic (exact) mass is 272 g/mol. The number of benzene rings is 1. The zero-order chi connectivity index (χ0) is 14.1. The van der Waals surface area contributed by atoms with E-state index < -0.39 is 0 Å². The summed E-state index contributed by atoms with van der Waals surface area (Å²) in [5, 5.41) is 2.84. The van der Waals surface area contributed by atoms with E-state index in [1.165, 1.54) is 12.8 Å². The van der Waals surface area contributed by atoms with Gasteiger partial charge in [0.25, 0.3) is 0 Å². The number of nitrogens with one attached hydrogen (secondary N) is 1. The Bertz CT molecular complexity index is 643. The Kier molecular flexibility index (Phi) is 3.34. The number of imidazole rings is 1. The Labute approximate surface area is 118 Å². The van der Waals surface area contributed by atoms with Gasteiger partial charge in [-0.25, -0.2) is 4.98 Å². The molecule has 0 unspecified atom stereocenters. The molecule has 1 aliphatic rings. The molecule has 1 amide bonds. The average molecular weight is 272 g/mol. The van der Waals surface area contributed by atoms with Crippen LogP contribution in [0.25, 0.3) is 11.0 Å². The number of carbonyl (C=O) groups excluding carboxylic acids is 1. The topological polar surface area (TPSA) is 72.9 Å². The van der Waals surface area contributed by atoms with Crippen LogP contribution in [0.1, 0.15) is 37.9 Å². The molecule has 106 valence electrons. The molecule has 0 aliphatic heterocycles. The third kappa shape index (κ3) is 2.48. The fourth-order valence-electron chi connectivity index (χ4n) is 2.55. The molecular formula is C15H20N4O. The summed E-state index contributed by atoms with van der Waals surface area (Å²) in [7, 11) is 0. The number of amides is 1. The van der Waals surface area contributed by atoms with Crippen LogP contribution >= 0.6 is 0 Å². The molecule has 3 rings (SSSR count). The summed E-state index contributed by atoms with van der Waals surface area (Å²) in [5.74, 6) is 1.75. The lowest BCUT2D eigenvalue weighted by molar-refractivity contribution is -0.121. The summed E-state index contributed by atoms with van der Waals surface area (Å²) in [6, 6.07) is 5.80. The van der Waals surface area contributed by atoms with Gasteiger partial charge in [-0.15, -0.1) is 0 Å². The second-order valence-electron chi connectivity index (χ2n) is 5.35. The predicted molar refractivity (Wildman–Crippen MR) is 79.4 cm³/mol. The molecule has 2 aromatic rings. The van der Waals surface area contributed by atoms with Gasteiger partial charge in [-0.05, 0) is 38.0 Å². The van der Waals surface area contributed by atoms with Crippen molar-refractivity contribution in [2.24, 2.45) is 0 Å². The number of aromatic nitrogens is 2. The first-order valence-electron chi connectivity index (χ1n) is 7.21. The lowest BCUT2D eigenvalue weighted by atomic mass is 10.2. The van der Waals surface area contributed by atoms with Crippen LogP contribution < -0.4 is 11.1 Å². The summed E-state index contributed by atoms with van der Waals surface area (Å²) in [5.41, 5.74) is 8.56. The van der Waals surface area contributed by atoms with Crippen molar-refractivity contribution < 1.29 is 4.79 Å². The molecule has 20 heavy (non-hydrogen) atoms. The van der Waals surface area contributed by atoms with Crippen molar-refractivity contribution >= 4 is 22.6 Å². The number of nitrogens with two attached hydrogens (primary N) is 1. The van der Waals surface area contributed by atoms with Gasteiger partial charge in [0.15, 0.2) is 0 Å². The number of fused-ring (bicyclic) bond motifs is 1. The number of aryl methyl sites for hydroxylation is 1. The Morgan fingerprint density at radius 1 is 1.50 bits per heavy atom. The van der Waals surface area contributed by atoms with E-state index in [1.54, 1.807) is 0 Å². The van der Waals surface area contributed by atoms with E-state index in [0.717, 1.165) is 22.5 Å². The van der Waals surface area contributed by atoms with Crippen LogP contribution in [0.5, 0.6) is 0 Å². The van der Waals surface area contributed by atoms with Gasteiger partial charge in [0, 0.05) is 31.1 Å². The zero-order valence-corrected chi connectivity index (χ0v) is 11.7. The molecule has 0 bridgehead atoms. The van der Waals surface area contributed by atoms with Crippen LogP contribution in [0.2, 0.25) is 0 Å². The minimum Gasteiger partial charge on any atom is -0.399 e. The molecule has 1 aromatic heterocycles. The Morgan fingerprint density at radius 2 is 2.30 bits per heavy atom. The number of nitrogen functional groups attached to an aromatic ring is 1. The molecule has 1 aromatic carbocycles. The van der Waals surface area contributed by atoms with Crippen molar-refractivity contribution in [2.45, 2.75) is 38.6 Å². The number of hydrogen-bond acceptors (Lipinski definition) is 3. The predicted octanol–water partition coefficient (Wildman–Crippen LogP) is 2.02. The van der Waals surface area contributed by atoms with E-state index in [9.17, 15) is 4.79 Å². The first kappa shape index (κ1) is 13.0. The molecule has 0 spiro atoms. The number of hydrogen-bond donors (Lipinski definition) is 2. The summed E-state index contributed by atoms with van der Waals surface area (Å²) < 4.78 is 2.18. The van der Waals surface area contributed by atoms with Crippen molar-refractivity contribution in [3.63, 3.8) is 0 Å². The van der Waals surface area contributed by atoms with Crippen LogP contribution in [-0.2, 0) is 11.3 Å². The Morgan fingerprint density at radius 3 is 3.00 bits per heavy atom. The van der Waals surface area contributed by atoms with E-state index in [-0.39, 0.29) is 5.91 Å². The summed E-state index contributed by atoms with van der Waals surface area (Å²) in [6.45, 7) is 3.29. The fourth-order valence-corrected chi connectivity index (χ4v) is 2.55. The second-order valence-corrected chi connectivity index (χ2v) is 5.35. The minimum absolute atomic E-state index is 0.0894. The van der Waals surface area contributed by atoms with Crippen molar-refractivity contribution in [3.05, 3.63) is 24.0 Å². The van der Waals surface area contributed by atoms with Gasteiger partial charge < -0.3 is 15.6 Å². The standard InChI is InChI=1S/C15H20N4O/c1-2-17-14(20)7-8-19-13-6-5-11(16)9-12(13)18-15(19)10-3-4-10/h5-6,9-10H,2-4,7-8,16H2,1H3,(H,17,20). The van der Waals surface area contributed by atoms with Crippen LogP contribution in [0, 0.1) is 0 Å². The maximum atomic E-state index is 11.7. The Hall–Kier alpha value is -2.04. The number of carbonyl (C=O) groups is 1. The van der Waals surface area contributed by atoms with Gasteiger partial charge in [-0.2, -0.15) is 0 Å². The van der Waals surface area contributed by atoms with E-state index >= 15 is 0 Å². The highest BCUT2D eigenvalue weighted by Crippen LogP contribution is 2.40. The normalized spacial score (nSPS) is 14.7. The summed E-state index contributed by atoms with van der Waals surface area (Å²) in [6.07, 6.45) is 2.88. The van der Waals surface area contributed by atoms with Crippen LogP contribution in [0.3, 0.4) is 0 Å². The number of nitrogens with zero attached hydrogens (tertiary/aromatic N) is 2. The van der Waals surface area contributed by atoms with Crippen LogP contribution in [-0.4, -0.2) is 22.0 Å². The molecule has 1 heterocycles. The van der Waals surface area contributed by atoms with Crippen LogP contribution in [0.15, 0.2) is 18.2 Å². The summed E-state index contributed by atoms with van der Waals surface area (Å²) >= 11 is 0. The van der Waals surface area contributed by atoms with Gasteiger partial charge in [-0.1, -0.05) is 0 Å². The maximum Gasteiger partial charge on any atom is 0.221 e. The van der Waals surface area contributed by atoms with E-state index in [2.05, 4.69) is 9.88 Å². The van der Waals surface area contributed by atoms with Crippen molar-refractivity contribution in [1.29, 1.82) is 0 Å². The van der Waals surface area contributed by atoms with E-state index in [0.29, 0.717) is 25.4 Å². The lowest BCUT2D eigenvalue weighted by Crippen LogP contribution is -2.24. The van der Waals surface area contributed by atoms with Crippen molar-refractivity contribution in [1.82, 2.24) is 14.9 Å². The highest BCUT2D eigenvalue weighted by atomic mass is 16.1. The van der Waals surface area contributed by atoms with Crippen molar-refractivity contribution in [3.8, 4) is 0 Å². The molecule has 0 radical (unpaired) electrons. The highest BCUT2D eigenvalue weighted by molar-refractivity contribution is 5.80. The third-order valence-electron chi connectivity index (χ3n) is 3.68. The molecular weight excluding hydrogens is 252 g/mol. The summed E-state index contributed by atoms with van der Waals surface area (Å²) in [4.78, 5) is 16.4. The minimum atomic E-state index is 0.0894. The molecule has 3 N–H and O–H groups in total. The van der Waals surface area contributed by atoms with Gasteiger partial charge >= 0.3 is 0 Å². The van der Waals surface area contributed by atoms with Gasteiger partial charge in [0.2, 0.25) is 5.91 Å². The molecule has 5 nitrogen and oxygen atoms in total. The van der Waals surface area contributed by atoms with Gasteiger partial charge in [0.05, 0.1) is 11.0 Å². The molecule has 1 fully saturated rings. The fraction of sp³-hybridized carbons (Fsp3) is 0.467. The van der Waals surface area contributed by atoms with Gasteiger partial charge in [0.1, 0.15) is 5.82 Å². The first-order chi connectivity index (χ1) is 9.69. The van der Waals surface area contributed by atoms with Crippen molar-refractivity contribution in [2.75, 3.05) is 12.3 Å². The smallest absolute Gasteiger partial charge is 0.221 e. The molecule has 1 aliphatic carbocycles. The van der Waals surface area contributed by atoms with E-state index in [1.807, 2.05) is 25.1 Å². The van der Waals surface area contributed by atoms with Gasteiger partial charge in [-0.3, -0.25) is 4.79 Å². The molecule has 0 atom stereocenters. The number of anilines is 1. The third-order valence-corrected chi connectivity index (χ3v) is 3.68. The second kappa shape index (κ2) is 5.15. The molecule has 5 heteroatoms. The average Bonchev–Trinajstić information content (AvgIpc) is 3.19. The lowest BCUT2D eigenvalue weighted by Gasteiger charge is -2.08. The van der Waals surface area contributed by atoms with E-state index in [4.69, 9.17) is 10.7 Å². The Balaban J connectivity index is 1.90. The maximum absolute atomic E-state index is 11.7. The number of rotatable bonds is 5. The zero-order valence-electron chi connectivity index (χ0n) is 11.7. The highest BCUT2D eigenvalue weighted by Gasteiger charge is 2.29. The van der Waals surface area contributed by atoms with Crippen LogP contribution in [0.4, 0.5) is 5.69 Å². The molecule has 1 saturated carbocycles.